The topological polar surface area (TPSA) is 64.3 Å². The summed E-state index contributed by atoms with van der Waals surface area (Å²) in [5, 5.41) is 3.15. The Kier molecular flexibility index (Phi) is 5.48. The number of benzene rings is 1. The standard InChI is InChI=1S/C17H26N2O2/c1-3-12-7-5-8-13(11-12)19-17(20)14-9-6-10-15(18)16(14)21-4-2/h6,9-10,12-13H,3-5,7-8,11,18H2,1-2H3,(H,19,20). The second-order valence-corrected chi connectivity index (χ2v) is 5.77. The predicted molar refractivity (Wildman–Crippen MR) is 85.5 cm³/mol. The van der Waals surface area contributed by atoms with Gasteiger partial charge in [0.15, 0.2) is 5.75 Å². The molecule has 2 atom stereocenters. The van der Waals surface area contributed by atoms with Gasteiger partial charge in [0, 0.05) is 6.04 Å². The van der Waals surface area contributed by atoms with Gasteiger partial charge in [-0.3, -0.25) is 4.79 Å². The molecule has 0 aromatic heterocycles. The molecule has 21 heavy (non-hydrogen) atoms. The second-order valence-electron chi connectivity index (χ2n) is 5.77. The van der Waals surface area contributed by atoms with Gasteiger partial charge < -0.3 is 15.8 Å². The van der Waals surface area contributed by atoms with Crippen molar-refractivity contribution >= 4 is 11.6 Å². The van der Waals surface area contributed by atoms with Crippen molar-refractivity contribution < 1.29 is 9.53 Å². The van der Waals surface area contributed by atoms with Crippen LogP contribution < -0.4 is 15.8 Å². The van der Waals surface area contributed by atoms with E-state index in [0.29, 0.717) is 23.6 Å². The maximum absolute atomic E-state index is 12.5. The van der Waals surface area contributed by atoms with Crippen LogP contribution >= 0.6 is 0 Å². The van der Waals surface area contributed by atoms with Crippen molar-refractivity contribution in [3.8, 4) is 5.75 Å². The van der Waals surface area contributed by atoms with E-state index in [0.717, 1.165) is 18.8 Å². The van der Waals surface area contributed by atoms with E-state index in [1.165, 1.54) is 19.3 Å². The first kappa shape index (κ1) is 15.7. The molecular formula is C17H26N2O2. The number of carbonyl (C=O) groups is 1. The van der Waals surface area contributed by atoms with Gasteiger partial charge >= 0.3 is 0 Å². The molecule has 0 spiro atoms. The van der Waals surface area contributed by atoms with Gasteiger partial charge in [-0.05, 0) is 37.8 Å². The number of ether oxygens (including phenoxy) is 1. The van der Waals surface area contributed by atoms with E-state index in [2.05, 4.69) is 12.2 Å². The monoisotopic (exact) mass is 290 g/mol. The van der Waals surface area contributed by atoms with Crippen LogP contribution in [-0.2, 0) is 0 Å². The molecule has 0 heterocycles. The molecule has 1 fully saturated rings. The van der Waals surface area contributed by atoms with Gasteiger partial charge in [-0.2, -0.15) is 0 Å². The van der Waals surface area contributed by atoms with Crippen molar-refractivity contribution in [3.63, 3.8) is 0 Å². The summed E-state index contributed by atoms with van der Waals surface area (Å²) in [6.45, 7) is 4.61. The van der Waals surface area contributed by atoms with Gasteiger partial charge in [-0.25, -0.2) is 0 Å². The SMILES string of the molecule is CCOc1c(N)cccc1C(=O)NC1CCCC(CC)C1. The van der Waals surface area contributed by atoms with E-state index in [1.807, 2.05) is 6.92 Å². The Balaban J connectivity index is 2.08. The summed E-state index contributed by atoms with van der Waals surface area (Å²) in [6.07, 6.45) is 5.81. The van der Waals surface area contributed by atoms with E-state index in [9.17, 15) is 4.79 Å². The molecule has 1 aromatic rings. The Morgan fingerprint density at radius 1 is 1.38 bits per heavy atom. The minimum atomic E-state index is -0.0764. The Bertz CT molecular complexity index is 488. The fourth-order valence-electron chi connectivity index (χ4n) is 3.10. The van der Waals surface area contributed by atoms with Gasteiger partial charge in [-0.1, -0.05) is 32.3 Å². The third kappa shape index (κ3) is 3.90. The third-order valence-corrected chi connectivity index (χ3v) is 4.27. The summed E-state index contributed by atoms with van der Waals surface area (Å²) >= 11 is 0. The van der Waals surface area contributed by atoms with Crippen LogP contribution in [0.15, 0.2) is 18.2 Å². The highest BCUT2D eigenvalue weighted by Crippen LogP contribution is 2.29. The number of amides is 1. The molecule has 1 aliphatic rings. The molecule has 0 radical (unpaired) electrons. The van der Waals surface area contributed by atoms with Crippen molar-refractivity contribution in [3.05, 3.63) is 23.8 Å². The normalized spacial score (nSPS) is 21.8. The van der Waals surface area contributed by atoms with E-state index in [-0.39, 0.29) is 11.9 Å². The van der Waals surface area contributed by atoms with Crippen LogP contribution in [0.2, 0.25) is 0 Å². The number of para-hydroxylation sites is 1. The average molecular weight is 290 g/mol. The summed E-state index contributed by atoms with van der Waals surface area (Å²) in [5.74, 6) is 1.16. The van der Waals surface area contributed by atoms with Crippen LogP contribution in [0.3, 0.4) is 0 Å². The number of anilines is 1. The number of hydrogen-bond acceptors (Lipinski definition) is 3. The Labute approximate surface area is 127 Å². The highest BCUT2D eigenvalue weighted by atomic mass is 16.5. The minimum absolute atomic E-state index is 0.0764. The van der Waals surface area contributed by atoms with Crippen LogP contribution in [0.4, 0.5) is 5.69 Å². The van der Waals surface area contributed by atoms with Crippen molar-refractivity contribution in [2.75, 3.05) is 12.3 Å². The molecule has 1 amide bonds. The lowest BCUT2D eigenvalue weighted by Crippen LogP contribution is -2.38. The summed E-state index contributed by atoms with van der Waals surface area (Å²) in [6, 6.07) is 5.60. The van der Waals surface area contributed by atoms with E-state index < -0.39 is 0 Å². The van der Waals surface area contributed by atoms with Gasteiger partial charge in [0.2, 0.25) is 0 Å². The molecule has 116 valence electrons. The zero-order valence-corrected chi connectivity index (χ0v) is 13.0. The lowest BCUT2D eigenvalue weighted by molar-refractivity contribution is 0.0915. The van der Waals surface area contributed by atoms with Crippen molar-refractivity contribution in [2.24, 2.45) is 5.92 Å². The maximum Gasteiger partial charge on any atom is 0.255 e. The number of nitrogen functional groups attached to an aromatic ring is 1. The molecule has 4 nitrogen and oxygen atoms in total. The van der Waals surface area contributed by atoms with Crippen LogP contribution in [-0.4, -0.2) is 18.6 Å². The predicted octanol–water partition coefficient (Wildman–Crippen LogP) is 3.37. The number of rotatable bonds is 5. The fraction of sp³-hybridized carbons (Fsp3) is 0.588. The zero-order chi connectivity index (χ0) is 15.2. The molecule has 1 aliphatic carbocycles. The van der Waals surface area contributed by atoms with Crippen LogP contribution in [0, 0.1) is 5.92 Å². The first-order valence-corrected chi connectivity index (χ1v) is 7.97. The third-order valence-electron chi connectivity index (χ3n) is 4.27. The lowest BCUT2D eigenvalue weighted by Gasteiger charge is -2.29. The van der Waals surface area contributed by atoms with Gasteiger partial charge in [0.25, 0.3) is 5.91 Å². The van der Waals surface area contributed by atoms with Crippen molar-refractivity contribution in [1.29, 1.82) is 0 Å². The van der Waals surface area contributed by atoms with Crippen molar-refractivity contribution in [1.82, 2.24) is 5.32 Å². The van der Waals surface area contributed by atoms with E-state index >= 15 is 0 Å². The van der Waals surface area contributed by atoms with Crippen LogP contribution in [0.5, 0.6) is 5.75 Å². The summed E-state index contributed by atoms with van der Waals surface area (Å²) in [4.78, 5) is 12.5. The first-order chi connectivity index (χ1) is 10.2. The Hall–Kier alpha value is -1.71. The Morgan fingerprint density at radius 3 is 2.90 bits per heavy atom. The first-order valence-electron chi connectivity index (χ1n) is 7.97. The van der Waals surface area contributed by atoms with E-state index in [4.69, 9.17) is 10.5 Å². The highest BCUT2D eigenvalue weighted by Gasteiger charge is 2.24. The Morgan fingerprint density at radius 2 is 2.19 bits per heavy atom. The molecule has 4 heteroatoms. The minimum Gasteiger partial charge on any atom is -0.491 e. The van der Waals surface area contributed by atoms with Gasteiger partial charge in [0.1, 0.15) is 0 Å². The molecule has 2 unspecified atom stereocenters. The quantitative estimate of drug-likeness (QED) is 0.817. The molecule has 0 bridgehead atoms. The fourth-order valence-corrected chi connectivity index (χ4v) is 3.10. The smallest absolute Gasteiger partial charge is 0.255 e. The number of nitrogens with one attached hydrogen (secondary N) is 1. The van der Waals surface area contributed by atoms with E-state index in [1.54, 1.807) is 18.2 Å². The zero-order valence-electron chi connectivity index (χ0n) is 13.0. The summed E-state index contributed by atoms with van der Waals surface area (Å²) in [5.41, 5.74) is 6.97. The number of nitrogens with two attached hydrogens (primary N) is 1. The highest BCUT2D eigenvalue weighted by molar-refractivity contribution is 5.98. The van der Waals surface area contributed by atoms with Crippen LogP contribution in [0.25, 0.3) is 0 Å². The van der Waals surface area contributed by atoms with Gasteiger partial charge in [-0.15, -0.1) is 0 Å². The lowest BCUT2D eigenvalue weighted by atomic mass is 9.84. The molecule has 2 rings (SSSR count). The van der Waals surface area contributed by atoms with Crippen molar-refractivity contribution in [2.45, 2.75) is 52.0 Å². The number of hydrogen-bond donors (Lipinski definition) is 2. The van der Waals surface area contributed by atoms with Gasteiger partial charge in [0.05, 0.1) is 17.9 Å². The number of carbonyl (C=O) groups excluding carboxylic acids is 1. The summed E-state index contributed by atoms with van der Waals surface area (Å²) < 4.78 is 5.53. The molecule has 0 aliphatic heterocycles. The second kappa shape index (κ2) is 7.34. The summed E-state index contributed by atoms with van der Waals surface area (Å²) in [7, 11) is 0. The van der Waals surface area contributed by atoms with Crippen LogP contribution in [0.1, 0.15) is 56.3 Å². The largest absolute Gasteiger partial charge is 0.491 e. The maximum atomic E-state index is 12.5. The molecule has 3 N–H and O–H groups in total. The molecule has 1 aromatic carbocycles. The molecular weight excluding hydrogens is 264 g/mol. The average Bonchev–Trinajstić information content (AvgIpc) is 2.49. The molecule has 0 saturated heterocycles. The molecule has 1 saturated carbocycles.